The van der Waals surface area contributed by atoms with Gasteiger partial charge >= 0.3 is 0 Å². The monoisotopic (exact) mass is 495 g/mol. The van der Waals surface area contributed by atoms with Gasteiger partial charge in [0.1, 0.15) is 0 Å². The highest BCUT2D eigenvalue weighted by Crippen LogP contribution is 2.34. The molecule has 0 bridgehead atoms. The van der Waals surface area contributed by atoms with Crippen molar-refractivity contribution in [3.8, 4) is 11.3 Å². The van der Waals surface area contributed by atoms with Gasteiger partial charge in [0, 0.05) is 46.2 Å². The van der Waals surface area contributed by atoms with Crippen molar-refractivity contribution in [2.24, 2.45) is 0 Å². The smallest absolute Gasteiger partial charge is 0.273 e. The predicted octanol–water partition coefficient (Wildman–Crippen LogP) is 6.92. The number of nitrogens with zero attached hydrogens (tertiary/aromatic N) is 1. The minimum atomic E-state index is -0.278. The molecule has 5 aromatic rings. The van der Waals surface area contributed by atoms with E-state index in [0.717, 1.165) is 40.4 Å². The summed E-state index contributed by atoms with van der Waals surface area (Å²) in [5, 5.41) is 8.89. The number of hydrogen-bond acceptors (Lipinski definition) is 3. The maximum atomic E-state index is 13.1. The number of rotatable bonds is 6. The van der Waals surface area contributed by atoms with Crippen LogP contribution in [0.5, 0.6) is 0 Å². The van der Waals surface area contributed by atoms with E-state index < -0.39 is 0 Å². The molecule has 0 aliphatic heterocycles. The average molecular weight is 496 g/mol. The summed E-state index contributed by atoms with van der Waals surface area (Å²) in [6.45, 7) is 0.367. The molecule has 1 aliphatic carbocycles. The zero-order valence-corrected chi connectivity index (χ0v) is 20.5. The largest absolute Gasteiger partial charge is 0.361 e. The molecule has 0 radical (unpaired) electrons. The van der Waals surface area contributed by atoms with Crippen molar-refractivity contribution in [1.29, 1.82) is 0 Å². The number of H-pyrrole nitrogens is 1. The number of para-hydroxylation sites is 1. The van der Waals surface area contributed by atoms with Crippen molar-refractivity contribution in [2.75, 3.05) is 6.54 Å². The number of hydrogen-bond donors (Lipinski definition) is 2. The second-order valence-corrected chi connectivity index (χ2v) is 9.75. The molecular weight excluding hydrogens is 470 g/mol. The number of fused-ring (bicyclic) bond motifs is 2. The molecule has 1 aliphatic rings. The van der Waals surface area contributed by atoms with E-state index in [1.807, 2.05) is 48.7 Å². The van der Waals surface area contributed by atoms with E-state index in [-0.39, 0.29) is 17.5 Å². The van der Waals surface area contributed by atoms with Crippen LogP contribution in [0.15, 0.2) is 83.5 Å². The summed E-state index contributed by atoms with van der Waals surface area (Å²) in [5.41, 5.74) is 7.07. The summed E-state index contributed by atoms with van der Waals surface area (Å²) >= 11 is 6.59. The number of carbonyl (C=O) groups is 1. The number of benzene rings is 3. The molecule has 6 rings (SSSR count). The number of aromatic amines is 1. The third-order valence-corrected chi connectivity index (χ3v) is 7.46. The molecule has 0 saturated heterocycles. The second kappa shape index (κ2) is 9.67. The Morgan fingerprint density at radius 2 is 1.78 bits per heavy atom. The van der Waals surface area contributed by atoms with E-state index in [2.05, 4.69) is 39.7 Å². The van der Waals surface area contributed by atoms with E-state index in [4.69, 9.17) is 16.1 Å². The first-order chi connectivity index (χ1) is 17.7. The third kappa shape index (κ3) is 4.31. The number of carbonyl (C=O) groups excluding carboxylic acids is 1. The van der Waals surface area contributed by atoms with Crippen LogP contribution < -0.4 is 5.32 Å². The summed E-state index contributed by atoms with van der Waals surface area (Å²) in [4.78, 5) is 16.4. The van der Waals surface area contributed by atoms with Gasteiger partial charge in [-0.15, -0.1) is 0 Å². The number of halogens is 1. The van der Waals surface area contributed by atoms with Gasteiger partial charge in [-0.05, 0) is 66.1 Å². The van der Waals surface area contributed by atoms with Crippen molar-refractivity contribution < 1.29 is 9.32 Å². The first kappa shape index (κ1) is 22.6. The highest BCUT2D eigenvalue weighted by atomic mass is 35.5. The van der Waals surface area contributed by atoms with Crippen molar-refractivity contribution >= 4 is 28.4 Å². The molecule has 36 heavy (non-hydrogen) atoms. The molecule has 0 spiro atoms. The lowest BCUT2D eigenvalue weighted by atomic mass is 9.90. The van der Waals surface area contributed by atoms with Crippen LogP contribution in [0.3, 0.4) is 0 Å². The van der Waals surface area contributed by atoms with Crippen molar-refractivity contribution in [3.05, 3.63) is 112 Å². The van der Waals surface area contributed by atoms with Gasteiger partial charge in [-0.1, -0.05) is 65.3 Å². The molecule has 0 fully saturated rings. The van der Waals surface area contributed by atoms with E-state index in [1.54, 1.807) is 6.07 Å². The van der Waals surface area contributed by atoms with Gasteiger partial charge in [-0.3, -0.25) is 4.79 Å². The Morgan fingerprint density at radius 3 is 2.67 bits per heavy atom. The Morgan fingerprint density at radius 1 is 0.972 bits per heavy atom. The summed E-state index contributed by atoms with van der Waals surface area (Å²) in [6.07, 6.45) is 6.66. The molecule has 6 heteroatoms. The predicted molar refractivity (Wildman–Crippen MR) is 143 cm³/mol. The highest BCUT2D eigenvalue weighted by molar-refractivity contribution is 6.31. The minimum absolute atomic E-state index is 0.134. The van der Waals surface area contributed by atoms with Crippen molar-refractivity contribution in [1.82, 2.24) is 15.5 Å². The Balaban J connectivity index is 1.24. The molecule has 2 N–H and O–H groups in total. The standard InChI is InChI=1S/C30H26ClN3O2/c31-26-11-5-3-9-22(26)24(25-17-32-27-12-6-4-10-23(25)27)18-33-30(35)28-16-29(36-34-28)21-14-13-19-7-1-2-8-20(19)15-21/h3-6,9-17,24,32H,1-2,7-8,18H2,(H,33,35). The summed E-state index contributed by atoms with van der Waals surface area (Å²) < 4.78 is 5.57. The molecule has 1 amide bonds. The topological polar surface area (TPSA) is 70.9 Å². The van der Waals surface area contributed by atoms with Crippen molar-refractivity contribution in [2.45, 2.75) is 31.6 Å². The normalized spacial score (nSPS) is 13.9. The molecule has 1 unspecified atom stereocenters. The van der Waals surface area contributed by atoms with Gasteiger partial charge in [0.05, 0.1) is 0 Å². The van der Waals surface area contributed by atoms with Crippen LogP contribution in [0.1, 0.15) is 51.5 Å². The first-order valence-electron chi connectivity index (χ1n) is 12.3. The Bertz CT molecular complexity index is 1550. The summed E-state index contributed by atoms with van der Waals surface area (Å²) in [6, 6.07) is 24.0. The van der Waals surface area contributed by atoms with Crippen molar-refractivity contribution in [3.63, 3.8) is 0 Å². The summed E-state index contributed by atoms with van der Waals surface area (Å²) in [7, 11) is 0. The lowest BCUT2D eigenvalue weighted by molar-refractivity contribution is 0.0943. The van der Waals surface area contributed by atoms with Crippen LogP contribution in [0.25, 0.3) is 22.2 Å². The zero-order chi connectivity index (χ0) is 24.5. The maximum Gasteiger partial charge on any atom is 0.273 e. The van der Waals surface area contributed by atoms with Gasteiger partial charge in [0.2, 0.25) is 0 Å². The quantitative estimate of drug-likeness (QED) is 0.268. The van der Waals surface area contributed by atoms with E-state index in [0.29, 0.717) is 17.3 Å². The molecule has 2 aromatic heterocycles. The second-order valence-electron chi connectivity index (χ2n) is 9.34. The molecule has 5 nitrogen and oxygen atoms in total. The Kier molecular flexibility index (Phi) is 6.08. The average Bonchev–Trinajstić information content (AvgIpc) is 3.58. The van der Waals surface area contributed by atoms with Gasteiger partial charge < -0.3 is 14.8 Å². The van der Waals surface area contributed by atoms with Crippen LogP contribution >= 0.6 is 11.6 Å². The Labute approximate surface area is 214 Å². The molecule has 2 heterocycles. The van der Waals surface area contributed by atoms with Crippen LogP contribution in [0, 0.1) is 0 Å². The van der Waals surface area contributed by atoms with Gasteiger partial charge in [0.25, 0.3) is 5.91 Å². The number of aromatic nitrogens is 2. The van der Waals surface area contributed by atoms with Crippen LogP contribution in [0.2, 0.25) is 5.02 Å². The van der Waals surface area contributed by atoms with Gasteiger partial charge in [-0.25, -0.2) is 0 Å². The fourth-order valence-corrected chi connectivity index (χ4v) is 5.49. The SMILES string of the molecule is O=C(NCC(c1ccccc1Cl)c1c[nH]c2ccccc12)c1cc(-c2ccc3c(c2)CCCC3)on1. The molecule has 1 atom stereocenters. The summed E-state index contributed by atoms with van der Waals surface area (Å²) in [5.74, 6) is 0.193. The third-order valence-electron chi connectivity index (χ3n) is 7.12. The molecule has 180 valence electrons. The van der Waals surface area contributed by atoms with E-state index in [1.165, 1.54) is 24.0 Å². The van der Waals surface area contributed by atoms with E-state index >= 15 is 0 Å². The van der Waals surface area contributed by atoms with Crippen LogP contribution in [-0.2, 0) is 12.8 Å². The lowest BCUT2D eigenvalue weighted by Gasteiger charge is -2.19. The highest BCUT2D eigenvalue weighted by Gasteiger charge is 2.23. The lowest BCUT2D eigenvalue weighted by Crippen LogP contribution is -2.29. The van der Waals surface area contributed by atoms with Crippen LogP contribution in [-0.4, -0.2) is 22.6 Å². The van der Waals surface area contributed by atoms with Gasteiger partial charge in [0.15, 0.2) is 11.5 Å². The maximum absolute atomic E-state index is 13.1. The first-order valence-corrected chi connectivity index (χ1v) is 12.7. The molecule has 3 aromatic carbocycles. The zero-order valence-electron chi connectivity index (χ0n) is 19.8. The fraction of sp³-hybridized carbons (Fsp3) is 0.200. The number of aryl methyl sites for hydroxylation is 2. The van der Waals surface area contributed by atoms with E-state index in [9.17, 15) is 4.79 Å². The fourth-order valence-electron chi connectivity index (χ4n) is 5.22. The number of nitrogens with one attached hydrogen (secondary N) is 2. The molecular formula is C30H26ClN3O2. The van der Waals surface area contributed by atoms with Crippen LogP contribution in [0.4, 0.5) is 0 Å². The Hall–Kier alpha value is -3.83. The molecule has 0 saturated carbocycles. The minimum Gasteiger partial charge on any atom is -0.361 e. The van der Waals surface area contributed by atoms with Gasteiger partial charge in [-0.2, -0.15) is 0 Å². The number of amides is 1.